The molecule has 0 atom stereocenters. The second-order valence-corrected chi connectivity index (χ2v) is 11.4. The van der Waals surface area contributed by atoms with Crippen molar-refractivity contribution >= 4 is 50.0 Å². The predicted octanol–water partition coefficient (Wildman–Crippen LogP) is 5.94. The Kier molecular flexibility index (Phi) is 8.16. The van der Waals surface area contributed by atoms with Crippen molar-refractivity contribution in [1.82, 2.24) is 19.4 Å². The quantitative estimate of drug-likeness (QED) is 0.214. The van der Waals surface area contributed by atoms with Gasteiger partial charge in [0, 0.05) is 33.3 Å². The summed E-state index contributed by atoms with van der Waals surface area (Å²) in [6.07, 6.45) is 1.51. The summed E-state index contributed by atoms with van der Waals surface area (Å²) in [5.74, 6) is -3.63. The highest BCUT2D eigenvalue weighted by Gasteiger charge is 2.33. The summed E-state index contributed by atoms with van der Waals surface area (Å²) >= 11 is 7.54. The van der Waals surface area contributed by atoms with E-state index in [2.05, 4.69) is 9.97 Å². The van der Waals surface area contributed by atoms with Crippen LogP contribution in [0, 0.1) is 18.3 Å². The molecule has 9 nitrogen and oxygen atoms in total. The lowest BCUT2D eigenvalue weighted by molar-refractivity contribution is -0.0269. The number of alkyl halides is 2. The minimum atomic E-state index is -3.25. The van der Waals surface area contributed by atoms with Gasteiger partial charge in [0.1, 0.15) is 24.3 Å². The van der Waals surface area contributed by atoms with E-state index >= 15 is 0 Å². The predicted molar refractivity (Wildman–Crippen MR) is 160 cm³/mol. The number of carboxylic acid groups (broad SMARTS) is 1. The fraction of sp³-hybridized carbons (Fsp3) is 0.233. The van der Waals surface area contributed by atoms with Crippen LogP contribution in [0.4, 0.5) is 8.78 Å². The SMILES string of the molecule is Cc1nc2cc(C(F)(F)CN(C)C)cc(C#N)c2c(=O)n1CCOc1ccc(Cl)cc1-c1ccnc2c(C(=O)O)csc12. The first-order valence-electron chi connectivity index (χ1n) is 12.9. The number of carbonyl (C=O) groups is 1. The van der Waals surface area contributed by atoms with E-state index in [0.29, 0.717) is 32.1 Å². The highest BCUT2D eigenvalue weighted by atomic mass is 35.5. The third kappa shape index (κ3) is 5.79. The van der Waals surface area contributed by atoms with E-state index in [9.17, 15) is 28.7 Å². The van der Waals surface area contributed by atoms with Gasteiger partial charge in [0.05, 0.1) is 45.3 Å². The van der Waals surface area contributed by atoms with Gasteiger partial charge in [0.25, 0.3) is 11.5 Å². The molecule has 0 unspecified atom stereocenters. The van der Waals surface area contributed by atoms with Crippen LogP contribution in [-0.4, -0.2) is 57.8 Å². The zero-order valence-corrected chi connectivity index (χ0v) is 24.8. The van der Waals surface area contributed by atoms with E-state index in [1.807, 2.05) is 6.07 Å². The Balaban J connectivity index is 1.47. The molecule has 0 amide bonds. The first kappa shape index (κ1) is 30.0. The molecule has 220 valence electrons. The van der Waals surface area contributed by atoms with Crippen LogP contribution in [0.2, 0.25) is 5.02 Å². The number of fused-ring (bicyclic) bond motifs is 2. The topological polar surface area (TPSA) is 121 Å². The molecular formula is C30H24ClF2N5O4S. The van der Waals surface area contributed by atoms with Crippen molar-refractivity contribution < 1.29 is 23.4 Å². The monoisotopic (exact) mass is 623 g/mol. The average Bonchev–Trinajstić information content (AvgIpc) is 3.39. The van der Waals surface area contributed by atoms with Gasteiger partial charge in [-0.3, -0.25) is 14.3 Å². The van der Waals surface area contributed by atoms with Gasteiger partial charge in [-0.2, -0.15) is 14.0 Å². The molecule has 5 rings (SSSR count). The molecule has 0 aliphatic heterocycles. The Morgan fingerprint density at radius 2 is 2.00 bits per heavy atom. The van der Waals surface area contributed by atoms with Crippen LogP contribution in [0.25, 0.3) is 32.2 Å². The van der Waals surface area contributed by atoms with Crippen molar-refractivity contribution in [3.63, 3.8) is 0 Å². The molecule has 0 spiro atoms. The number of benzene rings is 2. The summed E-state index contributed by atoms with van der Waals surface area (Å²) in [5.41, 5.74) is 0.633. The van der Waals surface area contributed by atoms with E-state index in [4.69, 9.17) is 16.3 Å². The molecule has 5 aromatic rings. The lowest BCUT2D eigenvalue weighted by Crippen LogP contribution is -2.31. The van der Waals surface area contributed by atoms with Crippen LogP contribution in [0.5, 0.6) is 5.75 Å². The van der Waals surface area contributed by atoms with Gasteiger partial charge >= 0.3 is 5.97 Å². The molecule has 0 radical (unpaired) electrons. The fourth-order valence-electron chi connectivity index (χ4n) is 4.89. The number of ether oxygens (including phenoxy) is 1. The van der Waals surface area contributed by atoms with Crippen molar-refractivity contribution in [2.75, 3.05) is 27.2 Å². The molecule has 3 heterocycles. The molecule has 3 aromatic heterocycles. The summed E-state index contributed by atoms with van der Waals surface area (Å²) in [5, 5.41) is 21.2. The van der Waals surface area contributed by atoms with Crippen LogP contribution in [0.15, 0.2) is 52.8 Å². The minimum Gasteiger partial charge on any atom is -0.491 e. The third-order valence-corrected chi connectivity index (χ3v) is 8.03. The van der Waals surface area contributed by atoms with Crippen LogP contribution < -0.4 is 10.3 Å². The largest absolute Gasteiger partial charge is 0.491 e. The normalized spacial score (nSPS) is 11.8. The average molecular weight is 624 g/mol. The van der Waals surface area contributed by atoms with Crippen molar-refractivity contribution in [3.8, 4) is 22.9 Å². The van der Waals surface area contributed by atoms with E-state index in [1.165, 1.54) is 46.5 Å². The van der Waals surface area contributed by atoms with Gasteiger partial charge in [0.15, 0.2) is 0 Å². The number of nitriles is 1. The molecule has 2 aromatic carbocycles. The van der Waals surface area contributed by atoms with Crippen LogP contribution in [0.3, 0.4) is 0 Å². The van der Waals surface area contributed by atoms with Crippen molar-refractivity contribution in [1.29, 1.82) is 5.26 Å². The maximum absolute atomic E-state index is 14.8. The molecule has 43 heavy (non-hydrogen) atoms. The fourth-order valence-corrected chi connectivity index (χ4v) is 6.09. The van der Waals surface area contributed by atoms with Crippen LogP contribution in [0.1, 0.15) is 27.3 Å². The molecule has 13 heteroatoms. The number of halogens is 3. The van der Waals surface area contributed by atoms with E-state index in [-0.39, 0.29) is 46.6 Å². The van der Waals surface area contributed by atoms with E-state index in [1.54, 1.807) is 31.2 Å². The number of thiophene rings is 1. The Bertz CT molecular complexity index is 2000. The minimum absolute atomic E-state index is 0.0164. The lowest BCUT2D eigenvalue weighted by Gasteiger charge is -2.21. The van der Waals surface area contributed by atoms with Crippen LogP contribution >= 0.6 is 22.9 Å². The Morgan fingerprint density at radius 3 is 2.70 bits per heavy atom. The maximum atomic E-state index is 14.8. The third-order valence-electron chi connectivity index (χ3n) is 6.80. The second kappa shape index (κ2) is 11.7. The maximum Gasteiger partial charge on any atom is 0.338 e. The number of aryl methyl sites for hydroxylation is 1. The molecule has 0 saturated heterocycles. The summed E-state index contributed by atoms with van der Waals surface area (Å²) in [6.45, 7) is 1.08. The molecule has 1 N–H and O–H groups in total. The number of rotatable bonds is 9. The van der Waals surface area contributed by atoms with Gasteiger partial charge in [0.2, 0.25) is 0 Å². The molecule has 0 aliphatic carbocycles. The van der Waals surface area contributed by atoms with Crippen molar-refractivity contribution in [2.24, 2.45) is 0 Å². The molecular weight excluding hydrogens is 600 g/mol. The van der Waals surface area contributed by atoms with Gasteiger partial charge < -0.3 is 14.7 Å². The van der Waals surface area contributed by atoms with Gasteiger partial charge in [-0.1, -0.05) is 11.6 Å². The summed E-state index contributed by atoms with van der Waals surface area (Å²) < 4.78 is 37.8. The zero-order valence-electron chi connectivity index (χ0n) is 23.2. The molecule has 0 saturated carbocycles. The first-order chi connectivity index (χ1) is 20.4. The zero-order chi connectivity index (χ0) is 31.1. The number of likely N-dealkylation sites (N-methyl/N-ethyl adjacent to an activating group) is 1. The number of hydrogen-bond donors (Lipinski definition) is 1. The number of pyridine rings is 1. The first-order valence-corrected chi connectivity index (χ1v) is 14.2. The highest BCUT2D eigenvalue weighted by Crippen LogP contribution is 2.39. The van der Waals surface area contributed by atoms with E-state index < -0.39 is 24.0 Å². The number of aromatic carboxylic acids is 1. The van der Waals surface area contributed by atoms with Crippen LogP contribution in [-0.2, 0) is 12.5 Å². The summed E-state index contributed by atoms with van der Waals surface area (Å²) in [7, 11) is 3.04. The molecule has 0 fully saturated rings. The van der Waals surface area contributed by atoms with Gasteiger partial charge in [-0.15, -0.1) is 11.3 Å². The number of aromatic nitrogens is 3. The highest BCUT2D eigenvalue weighted by molar-refractivity contribution is 7.18. The van der Waals surface area contributed by atoms with Gasteiger partial charge in [-0.05, 0) is 57.4 Å². The lowest BCUT2D eigenvalue weighted by atomic mass is 10.0. The van der Waals surface area contributed by atoms with Crippen molar-refractivity contribution in [3.05, 3.63) is 85.9 Å². The summed E-state index contributed by atoms with van der Waals surface area (Å²) in [6, 6.07) is 10.8. The standard InChI is InChI=1S/C30H24ClF2N5O4S/c1-16-36-23-11-18(30(32,33)15-37(2)3)10-17(13-34)25(23)28(39)38(16)8-9-42-24-5-4-19(31)12-21(24)20-6-7-35-26-22(29(40)41)14-43-27(20)26/h4-7,10-12,14H,8-9,15H2,1-3H3,(H,40,41). The van der Waals surface area contributed by atoms with Crippen molar-refractivity contribution in [2.45, 2.75) is 19.4 Å². The molecule has 0 aliphatic rings. The Hall–Kier alpha value is -4.44. The smallest absolute Gasteiger partial charge is 0.338 e. The Morgan fingerprint density at radius 1 is 1.23 bits per heavy atom. The Labute approximate surface area is 253 Å². The number of carboxylic acids is 1. The molecule has 0 bridgehead atoms. The van der Waals surface area contributed by atoms with Gasteiger partial charge in [-0.25, -0.2) is 9.78 Å². The summed E-state index contributed by atoms with van der Waals surface area (Å²) in [4.78, 5) is 35.1. The number of nitrogens with zero attached hydrogens (tertiary/aromatic N) is 5. The number of hydrogen-bond acceptors (Lipinski definition) is 8. The second-order valence-electron chi connectivity index (χ2n) is 10.1. The van der Waals surface area contributed by atoms with E-state index in [0.717, 1.165) is 12.1 Å².